The van der Waals surface area contributed by atoms with Crippen LogP contribution in [0.2, 0.25) is 0 Å². The van der Waals surface area contributed by atoms with Crippen molar-refractivity contribution < 1.29 is 25.5 Å². The lowest BCUT2D eigenvalue weighted by Crippen LogP contribution is -2.60. The molecule has 414 valence electrons. The Labute approximate surface area is 430 Å². The van der Waals surface area contributed by atoms with Crippen molar-refractivity contribution in [3.05, 3.63) is 0 Å². The van der Waals surface area contributed by atoms with Crippen molar-refractivity contribution in [3.63, 3.8) is 0 Å². The van der Waals surface area contributed by atoms with Gasteiger partial charge in [0.05, 0.1) is 24.4 Å². The molecule has 1 saturated heterocycles. The summed E-state index contributed by atoms with van der Waals surface area (Å²) in [7, 11) is 0. The first-order valence-electron chi connectivity index (χ1n) is 31.1. The summed E-state index contributed by atoms with van der Waals surface area (Å²) in [5, 5.41) is 62.6. The zero-order chi connectivity index (χ0) is 50.3. The number of hydrogen-bond acceptors (Lipinski definition) is 9. The first-order chi connectivity index (χ1) is 33.7. The largest absolute Gasteiger partial charge is 0.392 e. The summed E-state index contributed by atoms with van der Waals surface area (Å²) in [4.78, 5) is 4.65. The molecule has 0 aliphatic carbocycles. The summed E-state index contributed by atoms with van der Waals surface area (Å²) < 4.78 is 0. The highest BCUT2D eigenvalue weighted by Crippen LogP contribution is 2.18. The van der Waals surface area contributed by atoms with Gasteiger partial charge >= 0.3 is 0 Å². The fourth-order valence-corrected chi connectivity index (χ4v) is 10.8. The normalized spacial score (nSPS) is 18.4. The van der Waals surface area contributed by atoms with E-state index in [0.717, 1.165) is 110 Å². The third-order valence-electron chi connectivity index (χ3n) is 15.4. The minimum absolute atomic E-state index is 0.0235. The number of nitrogens with zero attached hydrogens (tertiary/aromatic N) is 2. The number of piperazine rings is 1. The number of hydrogen-bond donors (Lipinski definition) is 7. The third-order valence-corrected chi connectivity index (χ3v) is 15.4. The fraction of sp³-hybridized carbons (Fsp3) is 1.00. The molecule has 1 rings (SSSR count). The van der Waals surface area contributed by atoms with Crippen molar-refractivity contribution in [1.29, 1.82) is 0 Å². The summed E-state index contributed by atoms with van der Waals surface area (Å²) in [6, 6.07) is 0.251. The van der Waals surface area contributed by atoms with E-state index in [9.17, 15) is 25.5 Å². The Hall–Kier alpha value is -0.360. The highest BCUT2D eigenvalue weighted by atomic mass is 16.3. The molecule has 0 aromatic rings. The van der Waals surface area contributed by atoms with Crippen LogP contribution in [0.1, 0.15) is 297 Å². The first kappa shape index (κ1) is 66.7. The van der Waals surface area contributed by atoms with Crippen LogP contribution in [-0.4, -0.2) is 124 Å². The molecule has 0 aromatic carbocycles. The summed E-state index contributed by atoms with van der Waals surface area (Å²) in [5.74, 6) is 0. The number of aliphatic hydroxyl groups excluding tert-OH is 5. The van der Waals surface area contributed by atoms with Crippen molar-refractivity contribution >= 4 is 0 Å². The molecule has 9 nitrogen and oxygen atoms in total. The first-order valence-corrected chi connectivity index (χ1v) is 31.1. The van der Waals surface area contributed by atoms with E-state index < -0.39 is 6.23 Å². The van der Waals surface area contributed by atoms with Gasteiger partial charge in [-0.2, -0.15) is 0 Å². The van der Waals surface area contributed by atoms with Crippen molar-refractivity contribution in [3.8, 4) is 0 Å². The molecule has 1 aliphatic rings. The van der Waals surface area contributed by atoms with E-state index in [1.165, 1.54) is 180 Å². The summed E-state index contributed by atoms with van der Waals surface area (Å²) in [6.45, 7) is 14.2. The second-order valence-electron chi connectivity index (χ2n) is 22.5. The molecule has 7 atom stereocenters. The van der Waals surface area contributed by atoms with E-state index in [-0.39, 0.29) is 36.5 Å². The molecular weight excluding hydrogens is 857 g/mol. The van der Waals surface area contributed by atoms with Gasteiger partial charge in [-0.15, -0.1) is 0 Å². The lowest BCUT2D eigenvalue weighted by molar-refractivity contribution is 0.0453. The quantitative estimate of drug-likeness (QED) is 0.0298. The van der Waals surface area contributed by atoms with Crippen LogP contribution in [0, 0.1) is 0 Å². The third kappa shape index (κ3) is 42.7. The molecule has 0 radical (unpaired) electrons. The number of rotatable bonds is 54. The predicted octanol–water partition coefficient (Wildman–Crippen LogP) is 13.7. The molecule has 69 heavy (non-hydrogen) atoms. The second kappa shape index (κ2) is 49.8. The van der Waals surface area contributed by atoms with Crippen LogP contribution in [0.3, 0.4) is 0 Å². The van der Waals surface area contributed by atoms with Gasteiger partial charge in [0, 0.05) is 44.8 Å². The molecule has 7 N–H and O–H groups in total. The van der Waals surface area contributed by atoms with Crippen LogP contribution in [-0.2, 0) is 0 Å². The minimum atomic E-state index is -0.573. The summed E-state index contributed by atoms with van der Waals surface area (Å²) in [5.41, 5.74) is 0. The van der Waals surface area contributed by atoms with Gasteiger partial charge in [-0.3, -0.25) is 15.1 Å². The minimum Gasteiger partial charge on any atom is -0.392 e. The lowest BCUT2D eigenvalue weighted by atomic mass is 10.0. The summed E-state index contributed by atoms with van der Waals surface area (Å²) >= 11 is 0. The van der Waals surface area contributed by atoms with Gasteiger partial charge in [0.1, 0.15) is 6.23 Å². The zero-order valence-corrected chi connectivity index (χ0v) is 46.8. The maximum Gasteiger partial charge on any atom is 0.120 e. The molecule has 7 unspecified atom stereocenters. The maximum atomic E-state index is 11.2. The van der Waals surface area contributed by atoms with Crippen LogP contribution < -0.4 is 10.6 Å². The molecule has 0 spiro atoms. The van der Waals surface area contributed by atoms with E-state index in [0.29, 0.717) is 26.2 Å². The number of nitrogens with one attached hydrogen (secondary N) is 2. The Kier molecular flexibility index (Phi) is 48.1. The molecule has 1 heterocycles. The van der Waals surface area contributed by atoms with E-state index in [1.807, 2.05) is 0 Å². The number of aliphatic hydroxyl groups is 5. The van der Waals surface area contributed by atoms with E-state index in [2.05, 4.69) is 48.1 Å². The maximum absolute atomic E-state index is 11.2. The highest BCUT2D eigenvalue weighted by Gasteiger charge is 2.27. The van der Waals surface area contributed by atoms with Gasteiger partial charge in [-0.1, -0.05) is 246 Å². The Morgan fingerprint density at radius 1 is 0.362 bits per heavy atom. The van der Waals surface area contributed by atoms with Gasteiger partial charge in [-0.25, -0.2) is 0 Å². The molecule has 9 heteroatoms. The van der Waals surface area contributed by atoms with Crippen molar-refractivity contribution in [2.45, 2.75) is 340 Å². The van der Waals surface area contributed by atoms with Crippen molar-refractivity contribution in [1.82, 2.24) is 20.4 Å². The average Bonchev–Trinajstić information content (AvgIpc) is 3.33. The Bertz CT molecular complexity index is 972. The van der Waals surface area contributed by atoms with Crippen LogP contribution in [0.25, 0.3) is 0 Å². The second-order valence-corrected chi connectivity index (χ2v) is 22.5. The topological polar surface area (TPSA) is 132 Å². The van der Waals surface area contributed by atoms with Gasteiger partial charge in [-0.05, 0) is 64.5 Å². The molecule has 0 amide bonds. The van der Waals surface area contributed by atoms with E-state index in [4.69, 9.17) is 0 Å². The van der Waals surface area contributed by atoms with Crippen molar-refractivity contribution in [2.24, 2.45) is 0 Å². The molecular formula is C60H124N4O5. The SMILES string of the molecule is CCCCCCCCCCC(O)CN(CCCCC1CNC(CCCCN(CC(O)CCCCCCCCCC)CC(O)CCCCCCCCCC)C(O)N1)CC(O)CCCCCCCCCC. The molecule has 0 aromatic heterocycles. The van der Waals surface area contributed by atoms with E-state index >= 15 is 0 Å². The fourth-order valence-electron chi connectivity index (χ4n) is 10.8. The van der Waals surface area contributed by atoms with Gasteiger partial charge in [0.2, 0.25) is 0 Å². The van der Waals surface area contributed by atoms with E-state index in [1.54, 1.807) is 0 Å². The number of unbranched alkanes of at least 4 members (excludes halogenated alkanes) is 30. The lowest BCUT2D eigenvalue weighted by Gasteiger charge is -2.36. The van der Waals surface area contributed by atoms with Crippen LogP contribution in [0.15, 0.2) is 0 Å². The van der Waals surface area contributed by atoms with Gasteiger partial charge in [0.25, 0.3) is 0 Å². The average molecular weight is 982 g/mol. The zero-order valence-electron chi connectivity index (χ0n) is 46.8. The standard InChI is InChI=1S/C60H124N4O5/c1-5-9-13-17-21-25-29-33-42-55(65)50-63(51-56(66)43-34-30-26-22-18-14-10-6-2)47-39-37-41-54-49-61-59(60(69)62-54)46-38-40-48-64(52-57(67)44-35-31-27-23-19-15-11-7-3)53-58(68)45-36-32-28-24-20-16-12-8-4/h54-62,65-69H,5-53H2,1-4H3. The monoisotopic (exact) mass is 981 g/mol. The molecule has 1 fully saturated rings. The highest BCUT2D eigenvalue weighted by molar-refractivity contribution is 4.86. The van der Waals surface area contributed by atoms with Crippen LogP contribution in [0.5, 0.6) is 0 Å². The smallest absolute Gasteiger partial charge is 0.120 e. The Balaban J connectivity index is 2.53. The van der Waals surface area contributed by atoms with Gasteiger partial charge in [0.15, 0.2) is 0 Å². The van der Waals surface area contributed by atoms with Crippen LogP contribution in [0.4, 0.5) is 0 Å². The predicted molar refractivity (Wildman–Crippen MR) is 298 cm³/mol. The Morgan fingerprint density at radius 2 is 0.638 bits per heavy atom. The Morgan fingerprint density at radius 3 is 0.928 bits per heavy atom. The molecule has 0 saturated carbocycles. The van der Waals surface area contributed by atoms with Crippen LogP contribution >= 0.6 is 0 Å². The molecule has 1 aliphatic heterocycles. The molecule has 0 bridgehead atoms. The van der Waals surface area contributed by atoms with Crippen molar-refractivity contribution in [2.75, 3.05) is 45.8 Å². The summed E-state index contributed by atoms with van der Waals surface area (Å²) in [6.07, 6.45) is 48.1. The van der Waals surface area contributed by atoms with Gasteiger partial charge < -0.3 is 30.8 Å².